The summed E-state index contributed by atoms with van der Waals surface area (Å²) in [6.45, 7) is 1.99. The van der Waals surface area contributed by atoms with Gasteiger partial charge in [-0.05, 0) is 30.7 Å². The maximum absolute atomic E-state index is 13.6. The molecule has 0 aliphatic rings. The van der Waals surface area contributed by atoms with Gasteiger partial charge in [0.1, 0.15) is 5.82 Å². The summed E-state index contributed by atoms with van der Waals surface area (Å²) in [5.41, 5.74) is 9.18. The standard InChI is InChI=1S/C16H12BrFN2O/c1-9-3-2-4-10(5-9)14-15(21-20-16(14)19)11-6-12(17)8-13(18)7-11/h2-8H,1H3,(H2,19,20). The van der Waals surface area contributed by atoms with Gasteiger partial charge in [0.15, 0.2) is 11.6 Å². The van der Waals surface area contributed by atoms with E-state index < -0.39 is 0 Å². The highest BCUT2D eigenvalue weighted by molar-refractivity contribution is 9.10. The molecule has 0 aliphatic carbocycles. The highest BCUT2D eigenvalue weighted by Gasteiger charge is 2.18. The largest absolute Gasteiger partial charge is 0.380 e. The van der Waals surface area contributed by atoms with Crippen LogP contribution in [0.25, 0.3) is 22.5 Å². The second-order valence-electron chi connectivity index (χ2n) is 4.80. The lowest BCUT2D eigenvalue weighted by molar-refractivity contribution is 0.436. The van der Waals surface area contributed by atoms with Crippen LogP contribution in [0.4, 0.5) is 10.2 Å². The molecule has 1 heterocycles. The number of aromatic nitrogens is 1. The van der Waals surface area contributed by atoms with Crippen LogP contribution in [0, 0.1) is 12.7 Å². The molecule has 0 fully saturated rings. The van der Waals surface area contributed by atoms with E-state index in [0.717, 1.165) is 11.1 Å². The van der Waals surface area contributed by atoms with E-state index in [-0.39, 0.29) is 11.6 Å². The molecule has 3 aromatic rings. The molecular formula is C16H12BrFN2O. The molecule has 106 valence electrons. The van der Waals surface area contributed by atoms with E-state index >= 15 is 0 Å². The third-order valence-electron chi connectivity index (χ3n) is 3.15. The number of hydrogen-bond acceptors (Lipinski definition) is 3. The minimum absolute atomic E-state index is 0.288. The Hall–Kier alpha value is -2.14. The molecule has 0 atom stereocenters. The molecule has 0 unspecified atom stereocenters. The van der Waals surface area contributed by atoms with Crippen molar-refractivity contribution in [2.45, 2.75) is 6.92 Å². The van der Waals surface area contributed by atoms with Crippen LogP contribution < -0.4 is 5.73 Å². The smallest absolute Gasteiger partial charge is 0.177 e. The van der Waals surface area contributed by atoms with E-state index in [1.54, 1.807) is 6.07 Å². The molecule has 3 rings (SSSR count). The monoisotopic (exact) mass is 346 g/mol. The molecule has 2 N–H and O–H groups in total. The van der Waals surface area contributed by atoms with E-state index in [2.05, 4.69) is 21.1 Å². The fourth-order valence-electron chi connectivity index (χ4n) is 2.26. The Bertz CT molecular complexity index is 794. The highest BCUT2D eigenvalue weighted by atomic mass is 79.9. The number of nitrogens with two attached hydrogens (primary N) is 1. The molecule has 0 saturated heterocycles. The van der Waals surface area contributed by atoms with Crippen molar-refractivity contribution in [2.24, 2.45) is 0 Å². The average molecular weight is 347 g/mol. The van der Waals surface area contributed by atoms with Crippen LogP contribution in [0.5, 0.6) is 0 Å². The number of rotatable bonds is 2. The first-order chi connectivity index (χ1) is 10.0. The zero-order valence-electron chi connectivity index (χ0n) is 11.2. The van der Waals surface area contributed by atoms with Gasteiger partial charge in [-0.15, -0.1) is 0 Å². The van der Waals surface area contributed by atoms with Crippen molar-refractivity contribution >= 4 is 21.7 Å². The number of halogens is 2. The Balaban J connectivity index is 2.21. The van der Waals surface area contributed by atoms with Gasteiger partial charge in [0.2, 0.25) is 0 Å². The number of nitrogens with zero attached hydrogens (tertiary/aromatic N) is 1. The van der Waals surface area contributed by atoms with Crippen molar-refractivity contribution in [3.05, 3.63) is 58.3 Å². The fraction of sp³-hybridized carbons (Fsp3) is 0.0625. The first kappa shape index (κ1) is 13.8. The van der Waals surface area contributed by atoms with Gasteiger partial charge in [-0.3, -0.25) is 0 Å². The summed E-state index contributed by atoms with van der Waals surface area (Å²) in [6.07, 6.45) is 0. The van der Waals surface area contributed by atoms with Crippen LogP contribution in [-0.4, -0.2) is 5.16 Å². The molecule has 2 aromatic carbocycles. The minimum atomic E-state index is -0.357. The highest BCUT2D eigenvalue weighted by Crippen LogP contribution is 2.37. The van der Waals surface area contributed by atoms with Gasteiger partial charge in [0.05, 0.1) is 5.56 Å². The third-order valence-corrected chi connectivity index (χ3v) is 3.61. The van der Waals surface area contributed by atoms with E-state index in [0.29, 0.717) is 21.4 Å². The van der Waals surface area contributed by atoms with E-state index in [4.69, 9.17) is 10.3 Å². The lowest BCUT2D eigenvalue weighted by Crippen LogP contribution is -1.89. The zero-order valence-corrected chi connectivity index (χ0v) is 12.8. The summed E-state index contributed by atoms with van der Waals surface area (Å²) in [6, 6.07) is 12.4. The second-order valence-corrected chi connectivity index (χ2v) is 5.72. The van der Waals surface area contributed by atoms with Gasteiger partial charge in [0.25, 0.3) is 0 Å². The van der Waals surface area contributed by atoms with Gasteiger partial charge in [-0.25, -0.2) is 4.39 Å². The molecule has 1 aromatic heterocycles. The van der Waals surface area contributed by atoms with Crippen molar-refractivity contribution in [3.8, 4) is 22.5 Å². The molecule has 0 aliphatic heterocycles. The maximum atomic E-state index is 13.6. The van der Waals surface area contributed by atoms with Gasteiger partial charge in [-0.1, -0.05) is 50.9 Å². The first-order valence-corrected chi connectivity index (χ1v) is 7.12. The predicted octanol–water partition coefficient (Wildman–Crippen LogP) is 4.80. The number of benzene rings is 2. The Morgan fingerprint density at radius 3 is 2.67 bits per heavy atom. The molecule has 3 nitrogen and oxygen atoms in total. The van der Waals surface area contributed by atoms with Crippen molar-refractivity contribution in [1.82, 2.24) is 5.16 Å². The van der Waals surface area contributed by atoms with Crippen molar-refractivity contribution < 1.29 is 8.91 Å². The van der Waals surface area contributed by atoms with Gasteiger partial charge in [0, 0.05) is 10.0 Å². The fourth-order valence-corrected chi connectivity index (χ4v) is 2.73. The summed E-state index contributed by atoms with van der Waals surface area (Å²) in [5, 5.41) is 3.82. The average Bonchev–Trinajstić information content (AvgIpc) is 2.79. The number of hydrogen-bond donors (Lipinski definition) is 1. The minimum Gasteiger partial charge on any atom is -0.380 e. The van der Waals surface area contributed by atoms with Crippen LogP contribution in [0.2, 0.25) is 0 Å². The van der Waals surface area contributed by atoms with E-state index in [9.17, 15) is 4.39 Å². The van der Waals surface area contributed by atoms with Gasteiger partial charge < -0.3 is 10.3 Å². The topological polar surface area (TPSA) is 52.0 Å². The molecule has 0 bridgehead atoms. The van der Waals surface area contributed by atoms with Gasteiger partial charge >= 0.3 is 0 Å². The first-order valence-electron chi connectivity index (χ1n) is 6.33. The summed E-state index contributed by atoms with van der Waals surface area (Å²) in [5.74, 6) is 0.388. The summed E-state index contributed by atoms with van der Waals surface area (Å²) in [7, 11) is 0. The molecule has 0 radical (unpaired) electrons. The normalized spacial score (nSPS) is 10.8. The number of anilines is 1. The zero-order chi connectivity index (χ0) is 15.0. The maximum Gasteiger partial charge on any atom is 0.177 e. The lowest BCUT2D eigenvalue weighted by atomic mass is 10.00. The Kier molecular flexibility index (Phi) is 3.51. The molecule has 0 amide bonds. The second kappa shape index (κ2) is 5.33. The van der Waals surface area contributed by atoms with Crippen molar-refractivity contribution in [1.29, 1.82) is 0 Å². The Labute approximate surface area is 129 Å². The molecule has 0 spiro atoms. The predicted molar refractivity (Wildman–Crippen MR) is 84.2 cm³/mol. The van der Waals surface area contributed by atoms with Gasteiger partial charge in [-0.2, -0.15) is 0 Å². The van der Waals surface area contributed by atoms with Crippen LogP contribution in [0.15, 0.2) is 51.5 Å². The molecule has 21 heavy (non-hydrogen) atoms. The van der Waals surface area contributed by atoms with Crippen molar-refractivity contribution in [2.75, 3.05) is 5.73 Å². The third kappa shape index (κ3) is 2.69. The summed E-state index contributed by atoms with van der Waals surface area (Å²) in [4.78, 5) is 0. The van der Waals surface area contributed by atoms with Crippen LogP contribution >= 0.6 is 15.9 Å². The Morgan fingerprint density at radius 1 is 1.14 bits per heavy atom. The lowest BCUT2D eigenvalue weighted by Gasteiger charge is -2.05. The SMILES string of the molecule is Cc1cccc(-c2c(N)noc2-c2cc(F)cc(Br)c2)c1. The molecular weight excluding hydrogens is 335 g/mol. The quantitative estimate of drug-likeness (QED) is 0.724. The Morgan fingerprint density at radius 2 is 1.95 bits per heavy atom. The number of aryl methyl sites for hydroxylation is 1. The van der Waals surface area contributed by atoms with Crippen LogP contribution in [0.1, 0.15) is 5.56 Å². The molecule has 5 heteroatoms. The van der Waals surface area contributed by atoms with E-state index in [1.165, 1.54) is 12.1 Å². The number of nitrogen functional groups attached to an aromatic ring is 1. The van der Waals surface area contributed by atoms with Crippen molar-refractivity contribution in [3.63, 3.8) is 0 Å². The molecule has 0 saturated carbocycles. The summed E-state index contributed by atoms with van der Waals surface area (Å²) < 4.78 is 19.5. The van der Waals surface area contributed by atoms with Crippen LogP contribution in [0.3, 0.4) is 0 Å². The van der Waals surface area contributed by atoms with Crippen LogP contribution in [-0.2, 0) is 0 Å². The van der Waals surface area contributed by atoms with E-state index in [1.807, 2.05) is 31.2 Å². The summed E-state index contributed by atoms with van der Waals surface area (Å²) >= 11 is 3.28.